The average molecular weight is 278 g/mol. The van der Waals surface area contributed by atoms with Gasteiger partial charge in [0.15, 0.2) is 0 Å². The molecule has 0 saturated carbocycles. The highest BCUT2D eigenvalue weighted by atomic mass is 35.5. The third kappa shape index (κ3) is 2.67. The van der Waals surface area contributed by atoms with E-state index in [0.29, 0.717) is 10.9 Å². The Bertz CT molecular complexity index is 644. The number of hydrogen-bond donors (Lipinski definition) is 0. The van der Waals surface area contributed by atoms with E-state index in [4.69, 9.17) is 16.3 Å². The summed E-state index contributed by atoms with van der Waals surface area (Å²) in [6.45, 7) is 2.34. The van der Waals surface area contributed by atoms with Gasteiger partial charge in [0.05, 0.1) is 5.52 Å². The Morgan fingerprint density at radius 2 is 1.95 bits per heavy atom. The molecule has 1 saturated heterocycles. The van der Waals surface area contributed by atoms with Gasteiger partial charge < -0.3 is 9.30 Å². The first-order valence-corrected chi connectivity index (χ1v) is 6.99. The summed E-state index contributed by atoms with van der Waals surface area (Å²) in [6, 6.07) is 9.17. The lowest BCUT2D eigenvalue weighted by atomic mass is 10.00. The van der Waals surface area contributed by atoms with E-state index < -0.39 is 0 Å². The second kappa shape index (κ2) is 5.35. The van der Waals surface area contributed by atoms with Gasteiger partial charge in [0.2, 0.25) is 0 Å². The summed E-state index contributed by atoms with van der Waals surface area (Å²) >= 11 is 6.05. The minimum absolute atomic E-state index is 0.0428. The number of aromatic nitrogens is 1. The first-order valence-electron chi connectivity index (χ1n) is 6.61. The summed E-state index contributed by atoms with van der Waals surface area (Å²) in [5, 5.41) is 1.72. The summed E-state index contributed by atoms with van der Waals surface area (Å²) in [7, 11) is 0. The molecule has 2 heterocycles. The molecule has 1 aliphatic heterocycles. The van der Waals surface area contributed by atoms with Gasteiger partial charge in [-0.05, 0) is 42.3 Å². The van der Waals surface area contributed by atoms with Crippen molar-refractivity contribution in [2.45, 2.75) is 19.4 Å². The topological polar surface area (TPSA) is 31.2 Å². The maximum atomic E-state index is 12.1. The molecule has 0 bridgehead atoms. The van der Waals surface area contributed by atoms with E-state index in [9.17, 15) is 4.79 Å². The zero-order valence-corrected chi connectivity index (χ0v) is 11.4. The van der Waals surface area contributed by atoms with Crippen LogP contribution >= 0.6 is 11.6 Å². The lowest BCUT2D eigenvalue weighted by Gasteiger charge is -2.23. The maximum Gasteiger partial charge on any atom is 0.251 e. The minimum atomic E-state index is 0.0428. The number of hydrogen-bond acceptors (Lipinski definition) is 2. The minimum Gasteiger partial charge on any atom is -0.381 e. The number of pyridine rings is 1. The summed E-state index contributed by atoms with van der Waals surface area (Å²) in [5.41, 5.74) is 0.966. The summed E-state index contributed by atoms with van der Waals surface area (Å²) in [6.07, 6.45) is 2.03. The van der Waals surface area contributed by atoms with E-state index in [1.165, 1.54) is 0 Å². The average Bonchev–Trinajstić information content (AvgIpc) is 2.43. The van der Waals surface area contributed by atoms with Crippen LogP contribution in [0.25, 0.3) is 10.9 Å². The molecule has 1 aliphatic rings. The molecular weight excluding hydrogens is 262 g/mol. The van der Waals surface area contributed by atoms with E-state index >= 15 is 0 Å². The Kier molecular flexibility index (Phi) is 3.58. The fourth-order valence-corrected chi connectivity index (χ4v) is 2.80. The SMILES string of the molecule is O=c1ccc2ccc(Cl)cc2n1CC1CCOCC1. The van der Waals surface area contributed by atoms with Crippen LogP contribution < -0.4 is 5.56 Å². The zero-order valence-electron chi connectivity index (χ0n) is 10.6. The molecule has 0 N–H and O–H groups in total. The van der Waals surface area contributed by atoms with Gasteiger partial charge in [-0.2, -0.15) is 0 Å². The molecule has 0 aliphatic carbocycles. The Morgan fingerprint density at radius 1 is 1.21 bits per heavy atom. The van der Waals surface area contributed by atoms with Gasteiger partial charge in [0, 0.05) is 30.8 Å². The van der Waals surface area contributed by atoms with Crippen LogP contribution in [0.3, 0.4) is 0 Å². The number of nitrogens with zero attached hydrogens (tertiary/aromatic N) is 1. The van der Waals surface area contributed by atoms with Crippen molar-refractivity contribution in [3.63, 3.8) is 0 Å². The molecule has 0 spiro atoms. The first-order chi connectivity index (χ1) is 9.24. The molecule has 3 nitrogen and oxygen atoms in total. The second-order valence-electron chi connectivity index (χ2n) is 5.04. The van der Waals surface area contributed by atoms with E-state index in [0.717, 1.165) is 43.5 Å². The number of benzene rings is 1. The second-order valence-corrected chi connectivity index (χ2v) is 5.48. The summed E-state index contributed by atoms with van der Waals surface area (Å²) < 4.78 is 7.21. The van der Waals surface area contributed by atoms with E-state index in [2.05, 4.69) is 0 Å². The summed E-state index contributed by atoms with van der Waals surface area (Å²) in [5.74, 6) is 0.510. The molecule has 0 amide bonds. The van der Waals surface area contributed by atoms with E-state index in [-0.39, 0.29) is 5.56 Å². The molecule has 0 radical (unpaired) electrons. The van der Waals surface area contributed by atoms with Crippen molar-refractivity contribution in [2.75, 3.05) is 13.2 Å². The van der Waals surface area contributed by atoms with E-state index in [1.54, 1.807) is 6.07 Å². The zero-order chi connectivity index (χ0) is 13.2. The largest absolute Gasteiger partial charge is 0.381 e. The Balaban J connectivity index is 2.02. The molecule has 1 aromatic heterocycles. The molecule has 1 fully saturated rings. The monoisotopic (exact) mass is 277 g/mol. The van der Waals surface area contributed by atoms with Gasteiger partial charge in [-0.1, -0.05) is 17.7 Å². The number of fused-ring (bicyclic) bond motifs is 1. The highest BCUT2D eigenvalue weighted by Gasteiger charge is 2.16. The molecule has 3 rings (SSSR count). The van der Waals surface area contributed by atoms with Crippen LogP contribution in [0.1, 0.15) is 12.8 Å². The standard InChI is InChI=1S/C15H16ClNO2/c16-13-3-1-12-2-4-15(18)17(14(12)9-13)10-11-5-7-19-8-6-11/h1-4,9,11H,5-8,10H2. The number of ether oxygens (including phenoxy) is 1. The van der Waals surface area contributed by atoms with Crippen molar-refractivity contribution in [3.05, 3.63) is 45.7 Å². The van der Waals surface area contributed by atoms with Crippen molar-refractivity contribution in [1.82, 2.24) is 4.57 Å². The molecule has 19 heavy (non-hydrogen) atoms. The van der Waals surface area contributed by atoms with Crippen molar-refractivity contribution < 1.29 is 4.74 Å². The lowest BCUT2D eigenvalue weighted by molar-refractivity contribution is 0.0613. The van der Waals surface area contributed by atoms with Gasteiger partial charge >= 0.3 is 0 Å². The molecule has 0 atom stereocenters. The van der Waals surface area contributed by atoms with Crippen molar-refractivity contribution in [3.8, 4) is 0 Å². The fourth-order valence-electron chi connectivity index (χ4n) is 2.64. The predicted octanol–water partition coefficient (Wildman–Crippen LogP) is 3.08. The fraction of sp³-hybridized carbons (Fsp3) is 0.400. The molecular formula is C15H16ClNO2. The van der Waals surface area contributed by atoms with Gasteiger partial charge in [0.25, 0.3) is 5.56 Å². The highest BCUT2D eigenvalue weighted by molar-refractivity contribution is 6.31. The molecule has 100 valence electrons. The third-order valence-electron chi connectivity index (χ3n) is 3.74. The van der Waals surface area contributed by atoms with Crippen LogP contribution in [-0.4, -0.2) is 17.8 Å². The highest BCUT2D eigenvalue weighted by Crippen LogP contribution is 2.21. The van der Waals surface area contributed by atoms with Crippen LogP contribution in [0.5, 0.6) is 0 Å². The first kappa shape index (κ1) is 12.7. The molecule has 2 aromatic rings. The molecule has 4 heteroatoms. The maximum absolute atomic E-state index is 12.1. The smallest absolute Gasteiger partial charge is 0.251 e. The normalized spacial score (nSPS) is 16.9. The van der Waals surface area contributed by atoms with Crippen molar-refractivity contribution in [2.24, 2.45) is 5.92 Å². The number of rotatable bonds is 2. The van der Waals surface area contributed by atoms with Gasteiger partial charge in [0.1, 0.15) is 0 Å². The predicted molar refractivity (Wildman–Crippen MR) is 76.8 cm³/mol. The Hall–Kier alpha value is -1.32. The molecule has 0 unspecified atom stereocenters. The van der Waals surface area contributed by atoms with Gasteiger partial charge in [-0.15, -0.1) is 0 Å². The van der Waals surface area contributed by atoms with Crippen LogP contribution in [0.2, 0.25) is 5.02 Å². The van der Waals surface area contributed by atoms with Crippen LogP contribution in [0.4, 0.5) is 0 Å². The van der Waals surface area contributed by atoms with Crippen LogP contribution in [0, 0.1) is 5.92 Å². The van der Waals surface area contributed by atoms with Crippen molar-refractivity contribution >= 4 is 22.5 Å². The van der Waals surface area contributed by atoms with Crippen molar-refractivity contribution in [1.29, 1.82) is 0 Å². The van der Waals surface area contributed by atoms with Gasteiger partial charge in [-0.3, -0.25) is 4.79 Å². The van der Waals surface area contributed by atoms with E-state index in [1.807, 2.05) is 28.8 Å². The lowest BCUT2D eigenvalue weighted by Crippen LogP contribution is -2.27. The summed E-state index contributed by atoms with van der Waals surface area (Å²) in [4.78, 5) is 12.1. The Morgan fingerprint density at radius 3 is 2.74 bits per heavy atom. The Labute approximate surface area is 116 Å². The number of halogens is 1. The molecule has 1 aromatic carbocycles. The van der Waals surface area contributed by atoms with Crippen LogP contribution in [0.15, 0.2) is 35.1 Å². The third-order valence-corrected chi connectivity index (χ3v) is 3.97. The van der Waals surface area contributed by atoms with Gasteiger partial charge in [-0.25, -0.2) is 0 Å². The van der Waals surface area contributed by atoms with Crippen LogP contribution in [-0.2, 0) is 11.3 Å². The quantitative estimate of drug-likeness (QED) is 0.845.